The predicted octanol–water partition coefficient (Wildman–Crippen LogP) is 1.08. The van der Waals surface area contributed by atoms with Crippen LogP contribution in [0.1, 0.15) is 23.2 Å². The third-order valence-corrected chi connectivity index (χ3v) is 4.40. The maximum atomic E-state index is 12.1. The van der Waals surface area contributed by atoms with Crippen LogP contribution in [0, 0.1) is 5.92 Å². The first-order valence-corrected chi connectivity index (χ1v) is 7.33. The van der Waals surface area contributed by atoms with Crippen LogP contribution in [0.15, 0.2) is 23.1 Å². The third kappa shape index (κ3) is 3.24. The highest BCUT2D eigenvalue weighted by molar-refractivity contribution is 7.89. The van der Waals surface area contributed by atoms with Crippen LogP contribution in [-0.4, -0.2) is 33.1 Å². The van der Waals surface area contributed by atoms with Gasteiger partial charge in [-0.15, -0.1) is 0 Å². The Kier molecular flexibility index (Phi) is 3.77. The van der Waals surface area contributed by atoms with Gasteiger partial charge in [0.2, 0.25) is 10.0 Å². The summed E-state index contributed by atoms with van der Waals surface area (Å²) < 4.78 is 31.7. The average molecular weight is 285 g/mol. The van der Waals surface area contributed by atoms with Crippen LogP contribution in [0.4, 0.5) is 0 Å². The van der Waals surface area contributed by atoms with Crippen LogP contribution < -0.4 is 9.46 Å². The van der Waals surface area contributed by atoms with Crippen LogP contribution >= 0.6 is 0 Å². The minimum atomic E-state index is -3.75. The highest BCUT2D eigenvalue weighted by Crippen LogP contribution is 2.29. The van der Waals surface area contributed by atoms with Crippen molar-refractivity contribution in [1.82, 2.24) is 4.72 Å². The average Bonchev–Trinajstić information content (AvgIpc) is 3.19. The second-order valence-corrected chi connectivity index (χ2v) is 6.20. The zero-order valence-electron chi connectivity index (χ0n) is 10.4. The second kappa shape index (κ2) is 5.18. The molecule has 0 amide bonds. The van der Waals surface area contributed by atoms with Crippen molar-refractivity contribution in [2.24, 2.45) is 5.92 Å². The van der Waals surface area contributed by atoms with Crippen molar-refractivity contribution >= 4 is 16.0 Å². The zero-order valence-corrected chi connectivity index (χ0v) is 11.2. The van der Waals surface area contributed by atoms with Gasteiger partial charge >= 0.3 is 5.97 Å². The van der Waals surface area contributed by atoms with Gasteiger partial charge in [0.25, 0.3) is 0 Å². The van der Waals surface area contributed by atoms with Gasteiger partial charge in [-0.2, -0.15) is 0 Å². The lowest BCUT2D eigenvalue weighted by Gasteiger charge is -2.11. The summed E-state index contributed by atoms with van der Waals surface area (Å²) in [5.41, 5.74) is -0.0902. The summed E-state index contributed by atoms with van der Waals surface area (Å²) in [6.07, 6.45) is 2.05. The Bertz CT molecular complexity index is 592. The van der Waals surface area contributed by atoms with Gasteiger partial charge in [-0.25, -0.2) is 17.9 Å². The molecule has 2 N–H and O–H groups in total. The lowest BCUT2D eigenvalue weighted by Crippen LogP contribution is -2.26. The van der Waals surface area contributed by atoms with Crippen LogP contribution in [0.2, 0.25) is 0 Å². The third-order valence-electron chi connectivity index (χ3n) is 2.96. The van der Waals surface area contributed by atoms with Gasteiger partial charge in [-0.3, -0.25) is 0 Å². The van der Waals surface area contributed by atoms with Crippen molar-refractivity contribution in [2.45, 2.75) is 17.7 Å². The number of ether oxygens (including phenoxy) is 1. The molecule has 7 heteroatoms. The standard InChI is InChI=1S/C12H15NO5S/c1-18-10-5-4-9(12(14)15)6-11(10)19(16,17)13-7-8-2-3-8/h4-6,8,13H,2-3,7H2,1H3,(H,14,15). The van der Waals surface area contributed by atoms with E-state index in [9.17, 15) is 13.2 Å². The van der Waals surface area contributed by atoms with Crippen molar-refractivity contribution in [1.29, 1.82) is 0 Å². The molecule has 0 unspecified atom stereocenters. The molecule has 0 heterocycles. The monoisotopic (exact) mass is 285 g/mol. The summed E-state index contributed by atoms with van der Waals surface area (Å²) in [5, 5.41) is 8.91. The quantitative estimate of drug-likeness (QED) is 0.816. The fraction of sp³-hybridized carbons (Fsp3) is 0.417. The molecule has 1 aliphatic carbocycles. The highest BCUT2D eigenvalue weighted by Gasteiger charge is 2.26. The van der Waals surface area contributed by atoms with Crippen LogP contribution in [0.25, 0.3) is 0 Å². The molecule has 0 aromatic heterocycles. The van der Waals surface area contributed by atoms with Crippen LogP contribution in [0.5, 0.6) is 5.75 Å². The van der Waals surface area contributed by atoms with Crippen molar-refractivity contribution in [3.05, 3.63) is 23.8 Å². The Morgan fingerprint density at radius 2 is 2.16 bits per heavy atom. The minimum absolute atomic E-state index is 0.0902. The highest BCUT2D eigenvalue weighted by atomic mass is 32.2. The zero-order chi connectivity index (χ0) is 14.0. The smallest absolute Gasteiger partial charge is 0.335 e. The van der Waals surface area contributed by atoms with Gasteiger partial charge < -0.3 is 9.84 Å². The topological polar surface area (TPSA) is 92.7 Å². The number of carboxylic acids is 1. The molecule has 0 bridgehead atoms. The fourth-order valence-electron chi connectivity index (χ4n) is 1.65. The van der Waals surface area contributed by atoms with Crippen molar-refractivity contribution in [3.8, 4) is 5.75 Å². The van der Waals surface area contributed by atoms with Crippen LogP contribution in [0.3, 0.4) is 0 Å². The Morgan fingerprint density at radius 3 is 2.68 bits per heavy atom. The van der Waals surface area contributed by atoms with E-state index in [-0.39, 0.29) is 16.2 Å². The van der Waals surface area contributed by atoms with Gasteiger partial charge in [0, 0.05) is 6.54 Å². The van der Waals surface area contributed by atoms with E-state index in [1.54, 1.807) is 0 Å². The summed E-state index contributed by atoms with van der Waals surface area (Å²) in [4.78, 5) is 10.8. The fourth-order valence-corrected chi connectivity index (χ4v) is 2.96. The Balaban J connectivity index is 2.33. The maximum Gasteiger partial charge on any atom is 0.335 e. The van der Waals surface area contributed by atoms with E-state index in [1.165, 1.54) is 19.2 Å². The normalized spacial score (nSPS) is 15.2. The molecule has 19 heavy (non-hydrogen) atoms. The van der Waals surface area contributed by atoms with Crippen molar-refractivity contribution < 1.29 is 23.1 Å². The van der Waals surface area contributed by atoms with E-state index in [0.717, 1.165) is 18.9 Å². The molecule has 0 aliphatic heterocycles. The summed E-state index contributed by atoms with van der Waals surface area (Å²) >= 11 is 0. The molecule has 0 saturated heterocycles. The van der Waals surface area contributed by atoms with Gasteiger partial charge in [0.1, 0.15) is 10.6 Å². The summed E-state index contributed by atoms with van der Waals surface area (Å²) in [6.45, 7) is 0.378. The van der Waals surface area contributed by atoms with Gasteiger partial charge in [-0.1, -0.05) is 0 Å². The number of carbonyl (C=O) groups is 1. The minimum Gasteiger partial charge on any atom is -0.495 e. The van der Waals surface area contributed by atoms with Gasteiger partial charge in [0.15, 0.2) is 0 Å². The summed E-state index contributed by atoms with van der Waals surface area (Å²) in [6, 6.07) is 3.76. The van der Waals surface area contributed by atoms with E-state index in [0.29, 0.717) is 12.5 Å². The van der Waals surface area contributed by atoms with Crippen molar-refractivity contribution in [3.63, 3.8) is 0 Å². The molecular formula is C12H15NO5S. The molecule has 1 aromatic rings. The predicted molar refractivity (Wildman–Crippen MR) is 67.9 cm³/mol. The van der Waals surface area contributed by atoms with E-state index >= 15 is 0 Å². The van der Waals surface area contributed by atoms with E-state index < -0.39 is 16.0 Å². The number of nitrogens with one attached hydrogen (secondary N) is 1. The number of rotatable bonds is 6. The maximum absolute atomic E-state index is 12.1. The first kappa shape index (κ1) is 13.8. The number of sulfonamides is 1. The number of hydrogen-bond acceptors (Lipinski definition) is 4. The molecular weight excluding hydrogens is 270 g/mol. The number of hydrogen-bond donors (Lipinski definition) is 2. The first-order chi connectivity index (χ1) is 8.94. The Hall–Kier alpha value is -1.60. The molecule has 0 radical (unpaired) electrons. The molecule has 104 valence electrons. The molecule has 0 spiro atoms. The van der Waals surface area contributed by atoms with Crippen molar-refractivity contribution in [2.75, 3.05) is 13.7 Å². The number of aromatic carboxylic acids is 1. The first-order valence-electron chi connectivity index (χ1n) is 5.85. The Labute approximate surface area is 111 Å². The molecule has 6 nitrogen and oxygen atoms in total. The van der Waals surface area contributed by atoms with Crippen LogP contribution in [-0.2, 0) is 10.0 Å². The van der Waals surface area contributed by atoms with E-state index in [2.05, 4.69) is 4.72 Å². The van der Waals surface area contributed by atoms with E-state index in [1.807, 2.05) is 0 Å². The summed E-state index contributed by atoms with van der Waals surface area (Å²) in [5.74, 6) is -0.655. The number of carboxylic acid groups (broad SMARTS) is 1. The molecule has 1 aliphatic rings. The van der Waals surface area contributed by atoms with Gasteiger partial charge in [0.05, 0.1) is 12.7 Å². The Morgan fingerprint density at radius 1 is 1.47 bits per heavy atom. The molecule has 0 atom stereocenters. The second-order valence-electron chi connectivity index (χ2n) is 4.47. The molecule has 2 rings (SSSR count). The summed E-state index contributed by atoms with van der Waals surface area (Å²) in [7, 11) is -2.41. The SMILES string of the molecule is COc1ccc(C(=O)O)cc1S(=O)(=O)NCC1CC1. The lowest BCUT2D eigenvalue weighted by atomic mass is 10.2. The number of benzene rings is 1. The van der Waals surface area contributed by atoms with E-state index in [4.69, 9.17) is 9.84 Å². The lowest BCUT2D eigenvalue weighted by molar-refractivity contribution is 0.0696. The molecule has 1 saturated carbocycles. The van der Waals surface area contributed by atoms with Gasteiger partial charge in [-0.05, 0) is 37.0 Å². The largest absolute Gasteiger partial charge is 0.495 e. The molecule has 1 fully saturated rings. The molecule has 1 aromatic carbocycles. The number of methoxy groups -OCH3 is 1.